The molecular weight excluding hydrogens is 438 g/mol. The predicted molar refractivity (Wildman–Crippen MR) is 141 cm³/mol. The van der Waals surface area contributed by atoms with Gasteiger partial charge in [-0.2, -0.15) is 20.5 Å². The number of carbonyl (C=O) groups excluding carboxylic acids is 1. The van der Waals surface area contributed by atoms with Crippen LogP contribution in [0.4, 0.5) is 28.4 Å². The van der Waals surface area contributed by atoms with Gasteiger partial charge in [0.15, 0.2) is 5.78 Å². The predicted octanol–water partition coefficient (Wildman–Crippen LogP) is 8.75. The lowest BCUT2D eigenvalue weighted by Crippen LogP contribution is -2.21. The number of hydrogen-bond donors (Lipinski definition) is 1. The molecule has 0 fully saturated rings. The Labute approximate surface area is 207 Å². The second kappa shape index (κ2) is 12.6. The lowest BCUT2D eigenvalue weighted by atomic mass is 10.0. The van der Waals surface area contributed by atoms with E-state index in [1.54, 1.807) is 24.3 Å². The summed E-state index contributed by atoms with van der Waals surface area (Å²) in [4.78, 5) is 14.4. The molecule has 0 saturated heterocycles. The molecule has 0 amide bonds. The first-order valence-corrected chi connectivity index (χ1v) is 12.1. The van der Waals surface area contributed by atoms with Crippen LogP contribution in [-0.4, -0.2) is 24.0 Å². The van der Waals surface area contributed by atoms with Gasteiger partial charge in [-0.15, -0.1) is 0 Å². The Balaban J connectivity index is 1.65. The smallest absolute Gasteiger partial charge is 0.166 e. The molecule has 3 rings (SSSR count). The van der Waals surface area contributed by atoms with E-state index in [1.165, 1.54) is 11.8 Å². The zero-order valence-electron chi connectivity index (χ0n) is 20.9. The van der Waals surface area contributed by atoms with Crippen molar-refractivity contribution in [1.29, 1.82) is 0 Å². The number of aromatic hydroxyl groups is 1. The van der Waals surface area contributed by atoms with Crippen molar-refractivity contribution >= 4 is 34.2 Å². The minimum atomic E-state index is -0.0706. The van der Waals surface area contributed by atoms with E-state index in [0.29, 0.717) is 29.0 Å². The van der Waals surface area contributed by atoms with Crippen LogP contribution in [-0.2, 0) is 0 Å². The highest BCUT2D eigenvalue weighted by Crippen LogP contribution is 2.29. The lowest BCUT2D eigenvalue weighted by Gasteiger charge is -2.21. The average molecular weight is 472 g/mol. The maximum absolute atomic E-state index is 12.1. The first-order chi connectivity index (χ1) is 16.9. The molecule has 0 bridgehead atoms. The second-order valence-corrected chi connectivity index (χ2v) is 8.29. The Morgan fingerprint density at radius 2 is 1.40 bits per heavy atom. The molecule has 0 saturated carbocycles. The molecule has 0 radical (unpaired) electrons. The number of phenols is 1. The molecule has 3 aromatic carbocycles. The fourth-order valence-electron chi connectivity index (χ4n) is 3.64. The Morgan fingerprint density at radius 1 is 0.800 bits per heavy atom. The van der Waals surface area contributed by atoms with Gasteiger partial charge in [0.1, 0.15) is 5.75 Å². The number of nitrogens with zero attached hydrogens (tertiary/aromatic N) is 5. The van der Waals surface area contributed by atoms with Crippen LogP contribution >= 0.6 is 0 Å². The highest BCUT2D eigenvalue weighted by molar-refractivity contribution is 5.98. The molecule has 3 aromatic rings. The van der Waals surface area contributed by atoms with Crippen molar-refractivity contribution in [3.8, 4) is 5.75 Å². The minimum Gasteiger partial charge on any atom is -0.507 e. The second-order valence-electron chi connectivity index (χ2n) is 8.29. The van der Waals surface area contributed by atoms with E-state index in [2.05, 4.69) is 51.3 Å². The number of hydrogen-bond acceptors (Lipinski definition) is 7. The largest absolute Gasteiger partial charge is 0.507 e. The number of phenolic OH excluding ortho intramolecular Hbond substituents is 1. The number of azo groups is 2. The Hall–Kier alpha value is -3.87. The summed E-state index contributed by atoms with van der Waals surface area (Å²) in [7, 11) is 0. The highest BCUT2D eigenvalue weighted by Gasteiger charge is 2.11. The van der Waals surface area contributed by atoms with Gasteiger partial charge in [0.05, 0.1) is 28.3 Å². The Kier molecular flexibility index (Phi) is 9.23. The maximum Gasteiger partial charge on any atom is 0.166 e. The summed E-state index contributed by atoms with van der Waals surface area (Å²) in [5, 5.41) is 27.3. The van der Waals surface area contributed by atoms with Crippen molar-refractivity contribution in [1.82, 2.24) is 0 Å². The Bertz CT molecular complexity index is 1200. The van der Waals surface area contributed by atoms with Crippen molar-refractivity contribution < 1.29 is 9.90 Å². The molecule has 0 aliphatic heterocycles. The molecule has 182 valence electrons. The SMILES string of the molecule is CCCCC(=O)c1ccc(N=Nc2ccc(N=Nc3ccc(N(CC)CC)cc3C)cc2)cc1O. The molecule has 0 atom stereocenters. The minimum absolute atomic E-state index is 0.0624. The lowest BCUT2D eigenvalue weighted by molar-refractivity contribution is 0.0977. The molecule has 0 heterocycles. The molecule has 0 aliphatic rings. The third kappa shape index (κ3) is 7.06. The van der Waals surface area contributed by atoms with Crippen molar-refractivity contribution in [2.45, 2.75) is 47.0 Å². The van der Waals surface area contributed by atoms with Crippen molar-refractivity contribution in [3.05, 3.63) is 71.8 Å². The van der Waals surface area contributed by atoms with Gasteiger partial charge < -0.3 is 10.0 Å². The van der Waals surface area contributed by atoms with Gasteiger partial charge in [-0.1, -0.05) is 13.3 Å². The van der Waals surface area contributed by atoms with Crippen LogP contribution in [0.1, 0.15) is 56.0 Å². The number of benzene rings is 3. The zero-order chi connectivity index (χ0) is 25.2. The molecule has 35 heavy (non-hydrogen) atoms. The molecule has 7 nitrogen and oxygen atoms in total. The summed E-state index contributed by atoms with van der Waals surface area (Å²) in [6, 6.07) is 18.2. The number of unbranched alkanes of at least 4 members (excludes halogenated alkanes) is 1. The summed E-state index contributed by atoms with van der Waals surface area (Å²) in [5.41, 5.74) is 5.25. The number of carbonyl (C=O) groups is 1. The fourth-order valence-corrected chi connectivity index (χ4v) is 3.64. The van der Waals surface area contributed by atoms with Crippen LogP contribution in [0, 0.1) is 6.92 Å². The summed E-state index contributed by atoms with van der Waals surface area (Å²) in [6.07, 6.45) is 2.16. The van der Waals surface area contributed by atoms with Gasteiger partial charge in [0, 0.05) is 31.3 Å². The molecule has 0 unspecified atom stereocenters. The van der Waals surface area contributed by atoms with Crippen LogP contribution in [0.2, 0.25) is 0 Å². The quantitative estimate of drug-likeness (QED) is 0.224. The van der Waals surface area contributed by atoms with Crippen LogP contribution in [0.25, 0.3) is 0 Å². The van der Waals surface area contributed by atoms with E-state index in [-0.39, 0.29) is 11.5 Å². The molecule has 7 heteroatoms. The summed E-state index contributed by atoms with van der Waals surface area (Å²) >= 11 is 0. The zero-order valence-corrected chi connectivity index (χ0v) is 20.9. The van der Waals surface area contributed by atoms with Gasteiger partial charge in [0.25, 0.3) is 0 Å². The fraction of sp³-hybridized carbons (Fsp3) is 0.321. The highest BCUT2D eigenvalue weighted by atomic mass is 16.3. The van der Waals surface area contributed by atoms with Gasteiger partial charge in [-0.05, 0) is 87.4 Å². The van der Waals surface area contributed by atoms with Crippen LogP contribution in [0.3, 0.4) is 0 Å². The molecule has 0 spiro atoms. The van der Waals surface area contributed by atoms with Crippen LogP contribution in [0.15, 0.2) is 81.1 Å². The van der Waals surface area contributed by atoms with Gasteiger partial charge >= 0.3 is 0 Å². The summed E-state index contributed by atoms with van der Waals surface area (Å²) in [6.45, 7) is 10.3. The van der Waals surface area contributed by atoms with E-state index in [0.717, 1.165) is 37.2 Å². The summed E-state index contributed by atoms with van der Waals surface area (Å²) < 4.78 is 0. The summed E-state index contributed by atoms with van der Waals surface area (Å²) in [5.74, 6) is -0.133. The van der Waals surface area contributed by atoms with E-state index in [1.807, 2.05) is 32.0 Å². The maximum atomic E-state index is 12.1. The van der Waals surface area contributed by atoms with Crippen molar-refractivity contribution in [2.75, 3.05) is 18.0 Å². The molecular formula is C28H33N5O2. The average Bonchev–Trinajstić information content (AvgIpc) is 2.87. The van der Waals surface area contributed by atoms with Gasteiger partial charge in [0.2, 0.25) is 0 Å². The number of aryl methyl sites for hydroxylation is 1. The molecule has 1 N–H and O–H groups in total. The third-order valence-electron chi connectivity index (χ3n) is 5.75. The van der Waals surface area contributed by atoms with Gasteiger partial charge in [-0.3, -0.25) is 4.79 Å². The standard InChI is InChI=1S/C28H33N5O2/c1-5-8-9-27(34)25-16-14-23(19-28(25)35)31-29-21-10-12-22(13-11-21)30-32-26-17-15-24(18-20(26)4)33(6-2)7-3/h10-19,35H,5-9H2,1-4H3. The number of rotatable bonds is 11. The molecule has 0 aliphatic carbocycles. The van der Waals surface area contributed by atoms with E-state index < -0.39 is 0 Å². The number of anilines is 1. The van der Waals surface area contributed by atoms with E-state index >= 15 is 0 Å². The third-order valence-corrected chi connectivity index (χ3v) is 5.75. The monoisotopic (exact) mass is 471 g/mol. The van der Waals surface area contributed by atoms with Crippen LogP contribution < -0.4 is 4.90 Å². The molecule has 0 aromatic heterocycles. The topological polar surface area (TPSA) is 90.0 Å². The number of ketones is 1. The van der Waals surface area contributed by atoms with Crippen molar-refractivity contribution in [3.63, 3.8) is 0 Å². The normalized spacial score (nSPS) is 11.4. The van der Waals surface area contributed by atoms with Crippen molar-refractivity contribution in [2.24, 2.45) is 20.5 Å². The van der Waals surface area contributed by atoms with Crippen LogP contribution in [0.5, 0.6) is 5.75 Å². The Morgan fingerprint density at radius 3 is 1.97 bits per heavy atom. The van der Waals surface area contributed by atoms with E-state index in [9.17, 15) is 9.90 Å². The van der Waals surface area contributed by atoms with E-state index in [4.69, 9.17) is 0 Å². The first kappa shape index (κ1) is 25.7. The number of Topliss-reactive ketones (excluding diaryl/α,β-unsaturated/α-hetero) is 1. The first-order valence-electron chi connectivity index (χ1n) is 12.1. The van der Waals surface area contributed by atoms with Gasteiger partial charge in [-0.25, -0.2) is 0 Å².